The van der Waals surface area contributed by atoms with Gasteiger partial charge in [0.15, 0.2) is 5.69 Å². The zero-order chi connectivity index (χ0) is 20.4. The normalized spacial score (nSPS) is 17.7. The lowest BCUT2D eigenvalue weighted by Crippen LogP contribution is -2.42. The van der Waals surface area contributed by atoms with E-state index in [0.717, 1.165) is 18.5 Å². The van der Waals surface area contributed by atoms with Gasteiger partial charge in [-0.05, 0) is 37.1 Å². The van der Waals surface area contributed by atoms with Crippen molar-refractivity contribution in [3.63, 3.8) is 0 Å². The molecule has 29 heavy (non-hydrogen) atoms. The summed E-state index contributed by atoms with van der Waals surface area (Å²) in [5.41, 5.74) is 5.78. The minimum Gasteiger partial charge on any atom is -0.379 e. The highest BCUT2D eigenvalue weighted by Gasteiger charge is 2.28. The third-order valence-electron chi connectivity index (χ3n) is 4.84. The van der Waals surface area contributed by atoms with Gasteiger partial charge in [-0.15, -0.1) is 0 Å². The van der Waals surface area contributed by atoms with E-state index in [-0.39, 0.29) is 29.2 Å². The van der Waals surface area contributed by atoms with E-state index < -0.39 is 21.8 Å². The second-order valence-electron chi connectivity index (χ2n) is 6.94. The molecule has 0 unspecified atom stereocenters. The summed E-state index contributed by atoms with van der Waals surface area (Å²) in [7, 11) is -3.72. The van der Waals surface area contributed by atoms with Crippen molar-refractivity contribution in [2.75, 3.05) is 26.3 Å². The lowest BCUT2D eigenvalue weighted by Gasteiger charge is -2.26. The van der Waals surface area contributed by atoms with Crippen LogP contribution in [0.1, 0.15) is 45.3 Å². The number of aromatic nitrogens is 2. The number of carbonyl (C=O) groups is 2. The highest BCUT2D eigenvalue weighted by Crippen LogP contribution is 2.38. The third-order valence-corrected chi connectivity index (χ3v) is 6.74. The molecule has 2 aromatic rings. The van der Waals surface area contributed by atoms with Crippen LogP contribution in [-0.4, -0.2) is 61.0 Å². The number of nitrogens with one attached hydrogen (secondary N) is 3. The largest absolute Gasteiger partial charge is 0.379 e. The molecule has 2 heterocycles. The molecule has 2 aliphatic rings. The number of carbonyl (C=O) groups excluding carboxylic acids is 2. The van der Waals surface area contributed by atoms with E-state index in [1.165, 1.54) is 28.6 Å². The van der Waals surface area contributed by atoms with E-state index in [0.29, 0.717) is 19.1 Å². The Morgan fingerprint density at radius 1 is 1.10 bits per heavy atom. The van der Waals surface area contributed by atoms with Gasteiger partial charge >= 0.3 is 0 Å². The first kappa shape index (κ1) is 19.6. The number of rotatable bonds is 5. The van der Waals surface area contributed by atoms with Gasteiger partial charge in [-0.3, -0.25) is 25.5 Å². The first-order valence-electron chi connectivity index (χ1n) is 9.29. The van der Waals surface area contributed by atoms with Crippen LogP contribution in [0, 0.1) is 0 Å². The summed E-state index contributed by atoms with van der Waals surface area (Å²) in [6, 6.07) is 7.34. The fourth-order valence-electron chi connectivity index (χ4n) is 3.04. The maximum absolute atomic E-state index is 12.7. The Kier molecular flexibility index (Phi) is 5.35. The number of hydrogen-bond acceptors (Lipinski definition) is 6. The molecule has 1 saturated heterocycles. The fraction of sp³-hybridized carbons (Fsp3) is 0.389. The minimum absolute atomic E-state index is 0.0137. The van der Waals surface area contributed by atoms with Gasteiger partial charge in [-0.2, -0.15) is 9.40 Å². The summed E-state index contributed by atoms with van der Waals surface area (Å²) in [4.78, 5) is 24.5. The van der Waals surface area contributed by atoms with Crippen LogP contribution < -0.4 is 10.9 Å². The Labute approximate surface area is 167 Å². The summed E-state index contributed by atoms with van der Waals surface area (Å²) >= 11 is 0. The predicted molar refractivity (Wildman–Crippen MR) is 102 cm³/mol. The SMILES string of the molecule is O=C(NNC(=O)c1cc(C2CC2)[nH]n1)c1cccc(S(=O)(=O)N2CCOCC2)c1. The van der Waals surface area contributed by atoms with Gasteiger partial charge in [-0.1, -0.05) is 6.07 Å². The minimum atomic E-state index is -3.72. The lowest BCUT2D eigenvalue weighted by atomic mass is 10.2. The summed E-state index contributed by atoms with van der Waals surface area (Å²) in [6.45, 7) is 1.20. The molecule has 11 heteroatoms. The van der Waals surface area contributed by atoms with Crippen molar-refractivity contribution in [3.05, 3.63) is 47.3 Å². The number of amides is 2. The van der Waals surface area contributed by atoms with Crippen molar-refractivity contribution in [3.8, 4) is 0 Å². The molecule has 1 aliphatic heterocycles. The van der Waals surface area contributed by atoms with Crippen LogP contribution >= 0.6 is 0 Å². The van der Waals surface area contributed by atoms with Crippen molar-refractivity contribution < 1.29 is 22.7 Å². The molecule has 154 valence electrons. The number of ether oxygens (including phenoxy) is 1. The maximum Gasteiger partial charge on any atom is 0.290 e. The second-order valence-corrected chi connectivity index (χ2v) is 8.87. The van der Waals surface area contributed by atoms with Gasteiger partial charge in [0.25, 0.3) is 11.8 Å². The molecular weight excluding hydrogens is 398 g/mol. The molecule has 3 N–H and O–H groups in total. The quantitative estimate of drug-likeness (QED) is 0.600. The number of nitrogens with zero attached hydrogens (tertiary/aromatic N) is 2. The highest BCUT2D eigenvalue weighted by molar-refractivity contribution is 7.89. The maximum atomic E-state index is 12.7. The van der Waals surface area contributed by atoms with Crippen LogP contribution in [0.3, 0.4) is 0 Å². The second kappa shape index (κ2) is 7.93. The smallest absolute Gasteiger partial charge is 0.290 e. The Hall–Kier alpha value is -2.76. The van der Waals surface area contributed by atoms with Gasteiger partial charge < -0.3 is 4.74 Å². The van der Waals surface area contributed by atoms with Crippen LogP contribution in [0.2, 0.25) is 0 Å². The average molecular weight is 419 g/mol. The number of morpholine rings is 1. The number of aromatic amines is 1. The monoisotopic (exact) mass is 419 g/mol. The molecule has 0 spiro atoms. The molecular formula is C18H21N5O5S. The molecule has 2 fully saturated rings. The molecule has 4 rings (SSSR count). The van der Waals surface area contributed by atoms with E-state index in [2.05, 4.69) is 21.0 Å². The number of sulfonamides is 1. The molecule has 0 atom stereocenters. The summed E-state index contributed by atoms with van der Waals surface area (Å²) in [6.07, 6.45) is 2.15. The summed E-state index contributed by atoms with van der Waals surface area (Å²) < 4.78 is 32.0. The standard InChI is InChI=1S/C18H21N5O5S/c24-17(21-22-18(25)16-11-15(19-20-16)12-4-5-12)13-2-1-3-14(10-13)29(26,27)23-6-8-28-9-7-23/h1-3,10-12H,4-9H2,(H,19,20)(H,21,24)(H,22,25). The van der Waals surface area contributed by atoms with Crippen molar-refractivity contribution in [1.29, 1.82) is 0 Å². The topological polar surface area (TPSA) is 133 Å². The van der Waals surface area contributed by atoms with Gasteiger partial charge in [0, 0.05) is 30.3 Å². The van der Waals surface area contributed by atoms with Crippen LogP contribution in [0.15, 0.2) is 35.2 Å². The zero-order valence-electron chi connectivity index (χ0n) is 15.6. The number of benzene rings is 1. The first-order valence-corrected chi connectivity index (χ1v) is 10.7. The zero-order valence-corrected chi connectivity index (χ0v) is 16.4. The molecule has 1 aliphatic carbocycles. The van der Waals surface area contributed by atoms with Crippen LogP contribution in [-0.2, 0) is 14.8 Å². The molecule has 1 saturated carbocycles. The van der Waals surface area contributed by atoms with E-state index >= 15 is 0 Å². The van der Waals surface area contributed by atoms with Crippen molar-refractivity contribution >= 4 is 21.8 Å². The van der Waals surface area contributed by atoms with Crippen LogP contribution in [0.5, 0.6) is 0 Å². The predicted octanol–water partition coefficient (Wildman–Crippen LogP) is 0.383. The Morgan fingerprint density at radius 3 is 2.55 bits per heavy atom. The van der Waals surface area contributed by atoms with Crippen LogP contribution in [0.4, 0.5) is 0 Å². The molecule has 0 radical (unpaired) electrons. The van der Waals surface area contributed by atoms with Crippen molar-refractivity contribution in [2.45, 2.75) is 23.7 Å². The summed E-state index contributed by atoms with van der Waals surface area (Å²) in [5, 5.41) is 6.76. The number of hydrazine groups is 1. The van der Waals surface area contributed by atoms with Gasteiger partial charge in [0.05, 0.1) is 18.1 Å². The number of H-pyrrole nitrogens is 1. The van der Waals surface area contributed by atoms with E-state index in [4.69, 9.17) is 4.74 Å². The molecule has 10 nitrogen and oxygen atoms in total. The van der Waals surface area contributed by atoms with Crippen molar-refractivity contribution in [2.24, 2.45) is 0 Å². The van der Waals surface area contributed by atoms with Crippen LogP contribution in [0.25, 0.3) is 0 Å². The Balaban J connectivity index is 1.40. The average Bonchev–Trinajstić information content (AvgIpc) is 3.49. The van der Waals surface area contributed by atoms with Gasteiger partial charge in [-0.25, -0.2) is 8.42 Å². The highest BCUT2D eigenvalue weighted by atomic mass is 32.2. The molecule has 1 aromatic heterocycles. The molecule has 2 amide bonds. The van der Waals surface area contributed by atoms with Crippen molar-refractivity contribution in [1.82, 2.24) is 25.4 Å². The Bertz CT molecular complexity index is 1020. The van der Waals surface area contributed by atoms with Gasteiger partial charge in [0.2, 0.25) is 10.0 Å². The van der Waals surface area contributed by atoms with E-state index in [1.807, 2.05) is 0 Å². The van der Waals surface area contributed by atoms with E-state index in [9.17, 15) is 18.0 Å². The summed E-state index contributed by atoms with van der Waals surface area (Å²) in [5.74, 6) is -0.760. The third kappa shape index (κ3) is 4.31. The van der Waals surface area contributed by atoms with E-state index in [1.54, 1.807) is 6.07 Å². The van der Waals surface area contributed by atoms with Gasteiger partial charge in [0.1, 0.15) is 0 Å². The first-order chi connectivity index (χ1) is 13.9. The molecule has 0 bridgehead atoms. The number of hydrogen-bond donors (Lipinski definition) is 3. The Morgan fingerprint density at radius 2 is 1.83 bits per heavy atom. The molecule has 1 aromatic carbocycles. The fourth-order valence-corrected chi connectivity index (χ4v) is 4.49. The lowest BCUT2D eigenvalue weighted by molar-refractivity contribution is 0.0730.